The van der Waals surface area contributed by atoms with Gasteiger partial charge in [-0.15, -0.1) is 0 Å². The summed E-state index contributed by atoms with van der Waals surface area (Å²) < 4.78 is 25.6. The van der Waals surface area contributed by atoms with E-state index < -0.39 is 16.0 Å². The molecule has 0 atom stereocenters. The van der Waals surface area contributed by atoms with Crippen molar-refractivity contribution >= 4 is 27.6 Å². The van der Waals surface area contributed by atoms with Crippen LogP contribution < -0.4 is 0 Å². The topological polar surface area (TPSA) is 74.7 Å². The fourth-order valence-corrected chi connectivity index (χ4v) is 3.33. The highest BCUT2D eigenvalue weighted by Gasteiger charge is 2.23. The van der Waals surface area contributed by atoms with E-state index >= 15 is 0 Å². The molecule has 0 fully saturated rings. The fourth-order valence-electron chi connectivity index (χ4n) is 1.56. The van der Waals surface area contributed by atoms with Crippen molar-refractivity contribution in [3.8, 4) is 0 Å². The highest BCUT2D eigenvalue weighted by atomic mass is 35.5. The second kappa shape index (κ2) is 6.36. The third-order valence-electron chi connectivity index (χ3n) is 2.64. The molecule has 0 amide bonds. The molecule has 0 aliphatic heterocycles. The second-order valence-corrected chi connectivity index (χ2v) is 6.68. The van der Waals surface area contributed by atoms with E-state index in [2.05, 4.69) is 0 Å². The number of carboxylic acids is 1. The van der Waals surface area contributed by atoms with Gasteiger partial charge in [-0.05, 0) is 31.0 Å². The van der Waals surface area contributed by atoms with Gasteiger partial charge in [0.05, 0.1) is 5.02 Å². The Kier molecular flexibility index (Phi) is 5.34. The van der Waals surface area contributed by atoms with Gasteiger partial charge in [0, 0.05) is 20.0 Å². The molecule has 7 heteroatoms. The molecule has 5 nitrogen and oxygen atoms in total. The van der Waals surface area contributed by atoms with E-state index in [4.69, 9.17) is 16.7 Å². The van der Waals surface area contributed by atoms with Gasteiger partial charge >= 0.3 is 5.97 Å². The largest absolute Gasteiger partial charge is 0.481 e. The molecule has 0 radical (unpaired) electrons. The first-order chi connectivity index (χ1) is 8.75. The van der Waals surface area contributed by atoms with Gasteiger partial charge in [0.15, 0.2) is 0 Å². The maximum absolute atomic E-state index is 12.2. The predicted octanol–water partition coefficient (Wildman–Crippen LogP) is 2.13. The van der Waals surface area contributed by atoms with Crippen LogP contribution in [0.1, 0.15) is 18.4 Å². The minimum Gasteiger partial charge on any atom is -0.481 e. The minimum absolute atomic E-state index is 0.0394. The van der Waals surface area contributed by atoms with E-state index in [0.29, 0.717) is 0 Å². The summed E-state index contributed by atoms with van der Waals surface area (Å²) in [6, 6.07) is 4.71. The Hall–Kier alpha value is -1.11. The van der Waals surface area contributed by atoms with Crippen LogP contribution in [-0.4, -0.2) is 37.4 Å². The van der Waals surface area contributed by atoms with Gasteiger partial charge in [-0.1, -0.05) is 17.7 Å². The molecule has 106 valence electrons. The standard InChI is InChI=1S/C12H16ClNO4S/c1-9-5-6-11(10(13)8-9)19(17,18)14(2)7-3-4-12(15)16/h5-6,8H,3-4,7H2,1-2H3,(H,15,16). The van der Waals surface area contributed by atoms with Crippen LogP contribution in [0.25, 0.3) is 0 Å². The molecule has 0 saturated carbocycles. The lowest BCUT2D eigenvalue weighted by Crippen LogP contribution is -2.28. The van der Waals surface area contributed by atoms with Crippen LogP contribution in [0.15, 0.2) is 23.1 Å². The fraction of sp³-hybridized carbons (Fsp3) is 0.417. The number of rotatable bonds is 6. The zero-order valence-electron chi connectivity index (χ0n) is 10.8. The summed E-state index contributed by atoms with van der Waals surface area (Å²) >= 11 is 5.94. The van der Waals surface area contributed by atoms with E-state index in [-0.39, 0.29) is 29.3 Å². The molecule has 0 bridgehead atoms. The minimum atomic E-state index is -3.68. The summed E-state index contributed by atoms with van der Waals surface area (Å²) in [5.74, 6) is -0.945. The Bertz CT molecular complexity index is 571. The molecule has 0 aliphatic carbocycles. The van der Waals surface area contributed by atoms with Crippen molar-refractivity contribution in [1.29, 1.82) is 0 Å². The van der Waals surface area contributed by atoms with Gasteiger partial charge in [0.2, 0.25) is 10.0 Å². The molecular formula is C12H16ClNO4S. The maximum atomic E-state index is 12.2. The average molecular weight is 306 g/mol. The number of hydrogen-bond acceptors (Lipinski definition) is 3. The van der Waals surface area contributed by atoms with E-state index in [1.165, 1.54) is 13.1 Å². The van der Waals surface area contributed by atoms with Gasteiger partial charge in [-0.2, -0.15) is 0 Å². The molecule has 1 aromatic rings. The molecule has 0 spiro atoms. The monoisotopic (exact) mass is 305 g/mol. The normalized spacial score (nSPS) is 11.8. The van der Waals surface area contributed by atoms with Crippen molar-refractivity contribution < 1.29 is 18.3 Å². The highest BCUT2D eigenvalue weighted by molar-refractivity contribution is 7.89. The molecular weight excluding hydrogens is 290 g/mol. The van der Waals surface area contributed by atoms with E-state index in [0.717, 1.165) is 9.87 Å². The van der Waals surface area contributed by atoms with Gasteiger partial charge in [-0.3, -0.25) is 4.79 Å². The Morgan fingerprint density at radius 3 is 2.58 bits per heavy atom. The quantitative estimate of drug-likeness (QED) is 0.873. The van der Waals surface area contributed by atoms with Gasteiger partial charge < -0.3 is 5.11 Å². The molecule has 0 unspecified atom stereocenters. The third kappa shape index (κ3) is 4.19. The number of benzene rings is 1. The van der Waals surface area contributed by atoms with Gasteiger partial charge in [0.25, 0.3) is 0 Å². The van der Waals surface area contributed by atoms with Crippen molar-refractivity contribution in [3.05, 3.63) is 28.8 Å². The first-order valence-electron chi connectivity index (χ1n) is 5.69. The average Bonchev–Trinajstić information content (AvgIpc) is 2.27. The van der Waals surface area contributed by atoms with Crippen LogP contribution >= 0.6 is 11.6 Å². The van der Waals surface area contributed by atoms with Crippen LogP contribution in [0.4, 0.5) is 0 Å². The van der Waals surface area contributed by atoms with Crippen molar-refractivity contribution in [2.45, 2.75) is 24.7 Å². The molecule has 0 aliphatic rings. The van der Waals surface area contributed by atoms with E-state index in [1.54, 1.807) is 12.1 Å². The number of sulfonamides is 1. The number of halogens is 1. The molecule has 1 aromatic carbocycles. The summed E-state index contributed by atoms with van der Waals surface area (Å²) in [5.41, 5.74) is 0.873. The Morgan fingerprint density at radius 2 is 2.05 bits per heavy atom. The third-order valence-corrected chi connectivity index (χ3v) is 4.98. The maximum Gasteiger partial charge on any atom is 0.303 e. The van der Waals surface area contributed by atoms with Gasteiger partial charge in [0.1, 0.15) is 4.90 Å². The smallest absolute Gasteiger partial charge is 0.303 e. The first kappa shape index (κ1) is 15.9. The summed E-state index contributed by atoms with van der Waals surface area (Å²) in [7, 11) is -2.27. The van der Waals surface area contributed by atoms with Crippen LogP contribution in [0.5, 0.6) is 0 Å². The molecule has 0 heterocycles. The summed E-state index contributed by atoms with van der Waals surface area (Å²) in [4.78, 5) is 10.4. The highest BCUT2D eigenvalue weighted by Crippen LogP contribution is 2.25. The Morgan fingerprint density at radius 1 is 1.42 bits per heavy atom. The summed E-state index contributed by atoms with van der Waals surface area (Å²) in [6.07, 6.45) is 0.191. The molecule has 0 aromatic heterocycles. The lowest BCUT2D eigenvalue weighted by atomic mass is 10.2. The molecule has 1 N–H and O–H groups in total. The number of hydrogen-bond donors (Lipinski definition) is 1. The first-order valence-corrected chi connectivity index (χ1v) is 7.51. The Labute approximate surface area is 117 Å². The zero-order valence-corrected chi connectivity index (χ0v) is 12.3. The lowest BCUT2D eigenvalue weighted by Gasteiger charge is -2.17. The summed E-state index contributed by atoms with van der Waals surface area (Å²) in [6.45, 7) is 1.96. The number of carbonyl (C=O) groups is 1. The lowest BCUT2D eigenvalue weighted by molar-refractivity contribution is -0.137. The predicted molar refractivity (Wildman–Crippen MR) is 72.9 cm³/mol. The van der Waals surface area contributed by atoms with Crippen LogP contribution in [0.3, 0.4) is 0 Å². The van der Waals surface area contributed by atoms with Crippen molar-refractivity contribution in [2.75, 3.05) is 13.6 Å². The van der Waals surface area contributed by atoms with Crippen LogP contribution in [0.2, 0.25) is 5.02 Å². The van der Waals surface area contributed by atoms with E-state index in [1.807, 2.05) is 6.92 Å². The molecule has 19 heavy (non-hydrogen) atoms. The van der Waals surface area contributed by atoms with Crippen LogP contribution in [0, 0.1) is 6.92 Å². The number of carboxylic acid groups (broad SMARTS) is 1. The zero-order chi connectivity index (χ0) is 14.6. The molecule has 1 rings (SSSR count). The number of nitrogens with zero attached hydrogens (tertiary/aromatic N) is 1. The number of aryl methyl sites for hydroxylation is 1. The number of aliphatic carboxylic acids is 1. The van der Waals surface area contributed by atoms with Crippen molar-refractivity contribution in [2.24, 2.45) is 0 Å². The van der Waals surface area contributed by atoms with Crippen molar-refractivity contribution in [3.63, 3.8) is 0 Å². The second-order valence-electron chi connectivity index (χ2n) is 4.26. The van der Waals surface area contributed by atoms with Crippen LogP contribution in [-0.2, 0) is 14.8 Å². The van der Waals surface area contributed by atoms with E-state index in [9.17, 15) is 13.2 Å². The SMILES string of the molecule is Cc1ccc(S(=O)(=O)N(C)CCCC(=O)O)c(Cl)c1. The van der Waals surface area contributed by atoms with Gasteiger partial charge in [-0.25, -0.2) is 12.7 Å². The van der Waals surface area contributed by atoms with Crippen molar-refractivity contribution in [1.82, 2.24) is 4.31 Å². The summed E-state index contributed by atoms with van der Waals surface area (Å²) in [5, 5.41) is 8.70. The Balaban J connectivity index is 2.87. The molecule has 0 saturated heterocycles.